The summed E-state index contributed by atoms with van der Waals surface area (Å²) in [7, 11) is 0. The first-order chi connectivity index (χ1) is 9.04. The summed E-state index contributed by atoms with van der Waals surface area (Å²) in [5, 5.41) is 3.97. The summed E-state index contributed by atoms with van der Waals surface area (Å²) in [6.07, 6.45) is 1.52. The second-order valence-electron chi connectivity index (χ2n) is 4.49. The molecule has 19 heavy (non-hydrogen) atoms. The SMILES string of the molecule is Cc1ccc(/C=N\Nc2nc(C(C)C)cc(=O)[nH]2)o1. The van der Waals surface area contributed by atoms with Crippen LogP contribution in [0.1, 0.15) is 37.0 Å². The van der Waals surface area contributed by atoms with E-state index in [2.05, 4.69) is 20.5 Å². The molecule has 2 heterocycles. The molecule has 0 bridgehead atoms. The van der Waals surface area contributed by atoms with Gasteiger partial charge in [0, 0.05) is 6.07 Å². The Kier molecular flexibility index (Phi) is 3.79. The van der Waals surface area contributed by atoms with Gasteiger partial charge in [-0.1, -0.05) is 13.8 Å². The van der Waals surface area contributed by atoms with Crippen molar-refractivity contribution in [3.63, 3.8) is 0 Å². The third-order valence-corrected chi connectivity index (χ3v) is 2.48. The second-order valence-corrected chi connectivity index (χ2v) is 4.49. The summed E-state index contributed by atoms with van der Waals surface area (Å²) in [4.78, 5) is 18.3. The molecule has 2 rings (SSSR count). The van der Waals surface area contributed by atoms with E-state index in [9.17, 15) is 4.79 Å². The number of anilines is 1. The molecule has 0 saturated carbocycles. The molecular weight excluding hydrogens is 244 g/mol. The maximum absolute atomic E-state index is 11.4. The van der Waals surface area contributed by atoms with Crippen molar-refractivity contribution in [2.24, 2.45) is 5.10 Å². The summed E-state index contributed by atoms with van der Waals surface area (Å²) in [5.74, 6) is 1.94. The van der Waals surface area contributed by atoms with Gasteiger partial charge in [0.25, 0.3) is 5.56 Å². The molecule has 0 saturated heterocycles. The number of hydrogen-bond donors (Lipinski definition) is 2. The first kappa shape index (κ1) is 13.1. The summed E-state index contributed by atoms with van der Waals surface area (Å²) < 4.78 is 5.33. The predicted octanol–water partition coefficient (Wildman–Crippen LogP) is 2.24. The van der Waals surface area contributed by atoms with Crippen molar-refractivity contribution in [3.8, 4) is 0 Å². The molecule has 0 spiro atoms. The molecule has 0 aliphatic rings. The van der Waals surface area contributed by atoms with Gasteiger partial charge in [-0.3, -0.25) is 9.78 Å². The van der Waals surface area contributed by atoms with E-state index in [4.69, 9.17) is 4.42 Å². The molecule has 6 nitrogen and oxygen atoms in total. The maximum atomic E-state index is 11.4. The minimum Gasteiger partial charge on any atom is -0.460 e. The fourth-order valence-corrected chi connectivity index (χ4v) is 1.50. The van der Waals surface area contributed by atoms with Crippen LogP contribution in [0, 0.1) is 6.92 Å². The van der Waals surface area contributed by atoms with Gasteiger partial charge in [0.2, 0.25) is 5.95 Å². The van der Waals surface area contributed by atoms with Gasteiger partial charge < -0.3 is 4.42 Å². The minimum absolute atomic E-state index is 0.180. The van der Waals surface area contributed by atoms with Crippen molar-refractivity contribution in [3.05, 3.63) is 45.8 Å². The zero-order valence-electron chi connectivity index (χ0n) is 11.1. The predicted molar refractivity (Wildman–Crippen MR) is 73.6 cm³/mol. The third kappa shape index (κ3) is 3.54. The Hall–Kier alpha value is -2.37. The lowest BCUT2D eigenvalue weighted by molar-refractivity contribution is 0.528. The number of furan rings is 1. The Morgan fingerprint density at radius 3 is 2.89 bits per heavy atom. The largest absolute Gasteiger partial charge is 0.460 e. The number of hydrazone groups is 1. The molecule has 0 amide bonds. The molecular formula is C13H16N4O2. The van der Waals surface area contributed by atoms with Crippen molar-refractivity contribution in [1.82, 2.24) is 9.97 Å². The van der Waals surface area contributed by atoms with Crippen molar-refractivity contribution in [2.45, 2.75) is 26.7 Å². The molecule has 0 aliphatic carbocycles. The highest BCUT2D eigenvalue weighted by molar-refractivity contribution is 5.76. The molecule has 0 aromatic carbocycles. The highest BCUT2D eigenvalue weighted by atomic mass is 16.3. The van der Waals surface area contributed by atoms with Crippen molar-refractivity contribution >= 4 is 12.2 Å². The van der Waals surface area contributed by atoms with E-state index in [1.165, 1.54) is 12.3 Å². The van der Waals surface area contributed by atoms with E-state index in [1.54, 1.807) is 6.07 Å². The van der Waals surface area contributed by atoms with Gasteiger partial charge in [-0.2, -0.15) is 5.10 Å². The molecule has 0 fully saturated rings. The molecule has 2 aromatic rings. The topological polar surface area (TPSA) is 83.3 Å². The van der Waals surface area contributed by atoms with Crippen LogP contribution < -0.4 is 11.0 Å². The van der Waals surface area contributed by atoms with Crippen LogP contribution in [0.5, 0.6) is 0 Å². The van der Waals surface area contributed by atoms with Gasteiger partial charge >= 0.3 is 0 Å². The van der Waals surface area contributed by atoms with Crippen LogP contribution in [0.2, 0.25) is 0 Å². The molecule has 0 atom stereocenters. The lowest BCUT2D eigenvalue weighted by Crippen LogP contribution is -2.12. The maximum Gasteiger partial charge on any atom is 0.252 e. The molecule has 0 radical (unpaired) electrons. The molecule has 2 N–H and O–H groups in total. The van der Waals surface area contributed by atoms with Crippen LogP contribution in [0.3, 0.4) is 0 Å². The van der Waals surface area contributed by atoms with Gasteiger partial charge in [-0.15, -0.1) is 0 Å². The Bertz CT molecular complexity index is 640. The van der Waals surface area contributed by atoms with E-state index in [0.29, 0.717) is 11.7 Å². The average Bonchev–Trinajstić information content (AvgIpc) is 2.74. The third-order valence-electron chi connectivity index (χ3n) is 2.48. The van der Waals surface area contributed by atoms with Gasteiger partial charge in [0.05, 0.1) is 11.9 Å². The Labute approximate surface area is 110 Å². The number of H-pyrrole nitrogens is 1. The van der Waals surface area contributed by atoms with Gasteiger partial charge in [0.15, 0.2) is 0 Å². The van der Waals surface area contributed by atoms with E-state index in [-0.39, 0.29) is 11.5 Å². The number of aryl methyl sites for hydroxylation is 1. The molecule has 0 aliphatic heterocycles. The first-order valence-electron chi connectivity index (χ1n) is 6.01. The fourth-order valence-electron chi connectivity index (χ4n) is 1.50. The Morgan fingerprint density at radius 1 is 1.47 bits per heavy atom. The second kappa shape index (κ2) is 5.51. The number of aromatic amines is 1. The van der Waals surface area contributed by atoms with Crippen LogP contribution in [-0.2, 0) is 0 Å². The van der Waals surface area contributed by atoms with Gasteiger partial charge in [-0.25, -0.2) is 10.4 Å². The zero-order chi connectivity index (χ0) is 13.8. The lowest BCUT2D eigenvalue weighted by Gasteiger charge is -2.05. The average molecular weight is 260 g/mol. The summed E-state index contributed by atoms with van der Waals surface area (Å²) in [6, 6.07) is 5.14. The van der Waals surface area contributed by atoms with Gasteiger partial charge in [-0.05, 0) is 25.0 Å². The number of nitrogens with zero attached hydrogens (tertiary/aromatic N) is 2. The summed E-state index contributed by atoms with van der Waals surface area (Å²) in [6.45, 7) is 5.80. The first-order valence-corrected chi connectivity index (χ1v) is 6.01. The van der Waals surface area contributed by atoms with Crippen LogP contribution in [0.25, 0.3) is 0 Å². The standard InChI is InChI=1S/C13H16N4O2/c1-8(2)11-6-12(18)16-13(15-11)17-14-7-10-5-4-9(3)19-10/h4-8H,1-3H3,(H2,15,16,17,18)/b14-7-. The van der Waals surface area contributed by atoms with Gasteiger partial charge in [0.1, 0.15) is 11.5 Å². The minimum atomic E-state index is -0.203. The number of nitrogens with one attached hydrogen (secondary N) is 2. The summed E-state index contributed by atoms with van der Waals surface area (Å²) >= 11 is 0. The monoisotopic (exact) mass is 260 g/mol. The Balaban J connectivity index is 2.11. The highest BCUT2D eigenvalue weighted by Gasteiger charge is 2.04. The number of rotatable bonds is 4. The van der Waals surface area contributed by atoms with Crippen LogP contribution in [0.4, 0.5) is 5.95 Å². The van der Waals surface area contributed by atoms with Crippen molar-refractivity contribution in [2.75, 3.05) is 5.43 Å². The van der Waals surface area contributed by atoms with E-state index in [0.717, 1.165) is 11.5 Å². The highest BCUT2D eigenvalue weighted by Crippen LogP contribution is 2.10. The number of aromatic nitrogens is 2. The van der Waals surface area contributed by atoms with E-state index >= 15 is 0 Å². The van der Waals surface area contributed by atoms with Crippen molar-refractivity contribution in [1.29, 1.82) is 0 Å². The molecule has 6 heteroatoms. The quantitative estimate of drug-likeness (QED) is 0.652. The smallest absolute Gasteiger partial charge is 0.252 e. The Morgan fingerprint density at radius 2 is 2.26 bits per heavy atom. The fraction of sp³-hybridized carbons (Fsp3) is 0.308. The zero-order valence-corrected chi connectivity index (χ0v) is 11.1. The molecule has 2 aromatic heterocycles. The lowest BCUT2D eigenvalue weighted by atomic mass is 10.1. The van der Waals surface area contributed by atoms with Crippen molar-refractivity contribution < 1.29 is 4.42 Å². The van der Waals surface area contributed by atoms with Crippen LogP contribution >= 0.6 is 0 Å². The summed E-state index contributed by atoms with van der Waals surface area (Å²) in [5.41, 5.74) is 3.20. The molecule has 0 unspecified atom stereocenters. The van der Waals surface area contributed by atoms with Crippen LogP contribution in [-0.4, -0.2) is 16.2 Å². The molecule has 100 valence electrons. The normalized spacial score (nSPS) is 11.4. The number of hydrogen-bond acceptors (Lipinski definition) is 5. The van der Waals surface area contributed by atoms with E-state index < -0.39 is 0 Å². The van der Waals surface area contributed by atoms with E-state index in [1.807, 2.05) is 26.8 Å². The van der Waals surface area contributed by atoms with Crippen LogP contribution in [0.15, 0.2) is 32.5 Å².